The standard InChI is InChI=1S/C15H19N3O3/c1-20-8-5-12-10-21-9-7-18(12)15(19)13-3-2-11-4-6-16-14(11)17-13/h2-4,6,12H,5,7-10H2,1H3,(H,16,17). The van der Waals surface area contributed by atoms with Crippen LogP contribution in [0.15, 0.2) is 24.4 Å². The second-order valence-corrected chi connectivity index (χ2v) is 5.12. The van der Waals surface area contributed by atoms with E-state index in [9.17, 15) is 4.79 Å². The summed E-state index contributed by atoms with van der Waals surface area (Å²) in [5.41, 5.74) is 1.21. The monoisotopic (exact) mass is 289 g/mol. The molecule has 1 atom stereocenters. The van der Waals surface area contributed by atoms with Crippen LogP contribution in [0.3, 0.4) is 0 Å². The minimum absolute atomic E-state index is 0.0455. The molecule has 1 aliphatic heterocycles. The lowest BCUT2D eigenvalue weighted by molar-refractivity contribution is -0.0106. The second kappa shape index (κ2) is 6.24. The Balaban J connectivity index is 1.80. The number of nitrogens with one attached hydrogen (secondary N) is 1. The van der Waals surface area contributed by atoms with Gasteiger partial charge in [0.25, 0.3) is 5.91 Å². The molecule has 2 aromatic heterocycles. The van der Waals surface area contributed by atoms with E-state index in [1.807, 2.05) is 23.2 Å². The molecule has 3 heterocycles. The number of methoxy groups -OCH3 is 1. The van der Waals surface area contributed by atoms with E-state index >= 15 is 0 Å². The molecule has 0 bridgehead atoms. The van der Waals surface area contributed by atoms with Crippen LogP contribution in [-0.2, 0) is 9.47 Å². The first kappa shape index (κ1) is 14.0. The molecule has 1 fully saturated rings. The Morgan fingerprint density at radius 2 is 2.43 bits per heavy atom. The number of morpholine rings is 1. The van der Waals surface area contributed by atoms with Crippen LogP contribution < -0.4 is 0 Å². The normalized spacial score (nSPS) is 19.1. The molecule has 0 aliphatic carbocycles. The van der Waals surface area contributed by atoms with Crippen LogP contribution in [0.25, 0.3) is 11.0 Å². The number of ether oxygens (including phenoxy) is 2. The Morgan fingerprint density at radius 3 is 3.29 bits per heavy atom. The quantitative estimate of drug-likeness (QED) is 0.925. The Labute approximate surface area is 123 Å². The number of rotatable bonds is 4. The average Bonchev–Trinajstić information content (AvgIpc) is 3.00. The largest absolute Gasteiger partial charge is 0.385 e. The van der Waals surface area contributed by atoms with E-state index in [0.29, 0.717) is 32.1 Å². The number of pyridine rings is 1. The third kappa shape index (κ3) is 2.91. The van der Waals surface area contributed by atoms with Crippen LogP contribution in [-0.4, -0.2) is 60.3 Å². The van der Waals surface area contributed by atoms with E-state index in [-0.39, 0.29) is 11.9 Å². The fraction of sp³-hybridized carbons (Fsp3) is 0.467. The highest BCUT2D eigenvalue weighted by Gasteiger charge is 2.28. The number of hydrogen-bond acceptors (Lipinski definition) is 4. The van der Waals surface area contributed by atoms with Crippen molar-refractivity contribution in [2.24, 2.45) is 0 Å². The molecule has 0 aromatic carbocycles. The van der Waals surface area contributed by atoms with Crippen molar-refractivity contribution in [3.8, 4) is 0 Å². The summed E-state index contributed by atoms with van der Waals surface area (Å²) in [6.07, 6.45) is 2.59. The lowest BCUT2D eigenvalue weighted by Gasteiger charge is -2.35. The van der Waals surface area contributed by atoms with Crippen LogP contribution in [0.5, 0.6) is 0 Å². The van der Waals surface area contributed by atoms with Gasteiger partial charge in [0.05, 0.1) is 19.3 Å². The molecule has 6 heteroatoms. The zero-order valence-electron chi connectivity index (χ0n) is 12.0. The predicted octanol–water partition coefficient (Wildman–Crippen LogP) is 1.44. The van der Waals surface area contributed by atoms with Crippen LogP contribution in [0, 0.1) is 0 Å². The maximum absolute atomic E-state index is 12.7. The van der Waals surface area contributed by atoms with Gasteiger partial charge in [-0.15, -0.1) is 0 Å². The van der Waals surface area contributed by atoms with Gasteiger partial charge in [0.2, 0.25) is 0 Å². The molecule has 1 amide bonds. The smallest absolute Gasteiger partial charge is 0.272 e. The van der Waals surface area contributed by atoms with Crippen molar-refractivity contribution in [3.63, 3.8) is 0 Å². The van der Waals surface area contributed by atoms with Crippen LogP contribution in [0.4, 0.5) is 0 Å². The van der Waals surface area contributed by atoms with Crippen molar-refractivity contribution in [2.75, 3.05) is 33.5 Å². The molecule has 21 heavy (non-hydrogen) atoms. The first-order valence-electron chi connectivity index (χ1n) is 7.11. The average molecular weight is 289 g/mol. The van der Waals surface area contributed by atoms with Crippen molar-refractivity contribution in [3.05, 3.63) is 30.1 Å². The Morgan fingerprint density at radius 1 is 1.52 bits per heavy atom. The Kier molecular flexibility index (Phi) is 4.17. The number of carbonyl (C=O) groups is 1. The molecule has 3 rings (SSSR count). The van der Waals surface area contributed by atoms with E-state index in [1.165, 1.54) is 0 Å². The van der Waals surface area contributed by atoms with Gasteiger partial charge in [0.15, 0.2) is 0 Å². The maximum atomic E-state index is 12.7. The van der Waals surface area contributed by atoms with Gasteiger partial charge in [-0.2, -0.15) is 0 Å². The number of aromatic amines is 1. The summed E-state index contributed by atoms with van der Waals surface area (Å²) in [4.78, 5) is 22.0. The molecule has 0 spiro atoms. The fourth-order valence-electron chi connectivity index (χ4n) is 2.61. The lowest BCUT2D eigenvalue weighted by atomic mass is 10.1. The van der Waals surface area contributed by atoms with Crippen molar-refractivity contribution in [1.29, 1.82) is 0 Å². The number of H-pyrrole nitrogens is 1. The van der Waals surface area contributed by atoms with Gasteiger partial charge < -0.3 is 19.4 Å². The summed E-state index contributed by atoms with van der Waals surface area (Å²) in [6.45, 7) is 2.33. The summed E-state index contributed by atoms with van der Waals surface area (Å²) in [5.74, 6) is -0.0455. The summed E-state index contributed by atoms with van der Waals surface area (Å²) in [5, 5.41) is 1.00. The van der Waals surface area contributed by atoms with Gasteiger partial charge in [-0.25, -0.2) is 4.98 Å². The van der Waals surface area contributed by atoms with E-state index in [0.717, 1.165) is 17.5 Å². The highest BCUT2D eigenvalue weighted by Crippen LogP contribution is 2.16. The Bertz CT molecular complexity index is 625. The highest BCUT2D eigenvalue weighted by molar-refractivity contribution is 5.94. The van der Waals surface area contributed by atoms with E-state index in [4.69, 9.17) is 9.47 Å². The van der Waals surface area contributed by atoms with Gasteiger partial charge in [0.1, 0.15) is 11.3 Å². The van der Waals surface area contributed by atoms with Gasteiger partial charge in [0, 0.05) is 31.8 Å². The molecule has 112 valence electrons. The predicted molar refractivity (Wildman–Crippen MR) is 78.2 cm³/mol. The minimum atomic E-state index is -0.0455. The topological polar surface area (TPSA) is 67.5 Å². The van der Waals surface area contributed by atoms with Gasteiger partial charge >= 0.3 is 0 Å². The molecule has 0 radical (unpaired) electrons. The minimum Gasteiger partial charge on any atom is -0.385 e. The number of carbonyl (C=O) groups excluding carboxylic acids is 1. The third-order valence-electron chi connectivity index (χ3n) is 3.77. The molecule has 1 unspecified atom stereocenters. The maximum Gasteiger partial charge on any atom is 0.272 e. The zero-order valence-corrected chi connectivity index (χ0v) is 12.0. The fourth-order valence-corrected chi connectivity index (χ4v) is 2.61. The zero-order chi connectivity index (χ0) is 14.7. The molecular weight excluding hydrogens is 270 g/mol. The molecule has 0 saturated carbocycles. The summed E-state index contributed by atoms with van der Waals surface area (Å²) >= 11 is 0. The number of nitrogens with zero attached hydrogens (tertiary/aromatic N) is 2. The SMILES string of the molecule is COCCC1COCCN1C(=O)c1ccc2cc[nH]c2n1. The van der Waals surface area contributed by atoms with Crippen LogP contribution >= 0.6 is 0 Å². The van der Waals surface area contributed by atoms with Crippen LogP contribution in [0.1, 0.15) is 16.9 Å². The van der Waals surface area contributed by atoms with Crippen molar-refractivity contribution in [1.82, 2.24) is 14.9 Å². The second-order valence-electron chi connectivity index (χ2n) is 5.12. The number of aromatic nitrogens is 2. The number of fused-ring (bicyclic) bond motifs is 1. The van der Waals surface area contributed by atoms with Crippen LogP contribution in [0.2, 0.25) is 0 Å². The van der Waals surface area contributed by atoms with Gasteiger partial charge in [-0.3, -0.25) is 4.79 Å². The summed E-state index contributed by atoms with van der Waals surface area (Å²) < 4.78 is 10.6. The van der Waals surface area contributed by atoms with Crippen molar-refractivity contribution in [2.45, 2.75) is 12.5 Å². The molecule has 1 N–H and O–H groups in total. The highest BCUT2D eigenvalue weighted by atomic mass is 16.5. The van der Waals surface area contributed by atoms with E-state index < -0.39 is 0 Å². The molecule has 6 nitrogen and oxygen atoms in total. The Hall–Kier alpha value is -1.92. The summed E-state index contributed by atoms with van der Waals surface area (Å²) in [6, 6.07) is 5.68. The van der Waals surface area contributed by atoms with Gasteiger partial charge in [-0.1, -0.05) is 0 Å². The third-order valence-corrected chi connectivity index (χ3v) is 3.77. The molecule has 1 saturated heterocycles. The van der Waals surface area contributed by atoms with E-state index in [2.05, 4.69) is 9.97 Å². The number of hydrogen-bond donors (Lipinski definition) is 1. The first-order chi connectivity index (χ1) is 10.3. The number of amides is 1. The van der Waals surface area contributed by atoms with E-state index in [1.54, 1.807) is 13.2 Å². The van der Waals surface area contributed by atoms with Crippen molar-refractivity contribution >= 4 is 16.9 Å². The molecular formula is C15H19N3O3. The molecule has 1 aliphatic rings. The van der Waals surface area contributed by atoms with Crippen molar-refractivity contribution < 1.29 is 14.3 Å². The lowest BCUT2D eigenvalue weighted by Crippen LogP contribution is -2.49. The summed E-state index contributed by atoms with van der Waals surface area (Å²) in [7, 11) is 1.66. The van der Waals surface area contributed by atoms with Gasteiger partial charge in [-0.05, 0) is 24.6 Å². The molecule has 2 aromatic rings. The first-order valence-corrected chi connectivity index (χ1v) is 7.11.